The fourth-order valence-electron chi connectivity index (χ4n) is 2.19. The molecule has 0 atom stereocenters. The molecule has 140 valence electrons. The Morgan fingerprint density at radius 1 is 0.522 bits per heavy atom. The summed E-state index contributed by atoms with van der Waals surface area (Å²) >= 11 is 1.87. The van der Waals surface area contributed by atoms with Gasteiger partial charge in [0.05, 0.1) is 0 Å². The first-order valence-electron chi connectivity index (χ1n) is 7.01. The predicted molar refractivity (Wildman–Crippen MR) is 80.1 cm³/mol. The van der Waals surface area contributed by atoms with E-state index in [-0.39, 0.29) is 37.4 Å². The van der Waals surface area contributed by atoms with Gasteiger partial charge in [0.1, 0.15) is 5.57 Å². The molecule has 0 N–H and O–H groups in total. The number of halogens is 10. The van der Waals surface area contributed by atoms with Gasteiger partial charge in [-0.2, -0.15) is 39.5 Å². The zero-order valence-electron chi connectivity index (χ0n) is 12.1. The summed E-state index contributed by atoms with van der Waals surface area (Å²) in [5.74, 6) is 0. The van der Waals surface area contributed by atoms with Gasteiger partial charge in [0.15, 0.2) is 0 Å². The van der Waals surface area contributed by atoms with E-state index in [1.807, 2.05) is 21.8 Å². The lowest BCUT2D eigenvalue weighted by molar-refractivity contribution is -0.135. The Morgan fingerprint density at radius 2 is 0.739 bits per heavy atom. The van der Waals surface area contributed by atoms with Crippen molar-refractivity contribution in [1.29, 1.82) is 0 Å². The smallest absolute Gasteiger partial charge is 0.171 e. The fraction of sp³-hybridized carbons (Fsp3) is 1.00. The van der Waals surface area contributed by atoms with Crippen LogP contribution in [0.25, 0.3) is 0 Å². The van der Waals surface area contributed by atoms with E-state index >= 15 is 0 Å². The average Bonchev–Trinajstić information content (AvgIpc) is 2.22. The van der Waals surface area contributed by atoms with E-state index in [9.17, 15) is 39.5 Å². The molecule has 0 heterocycles. The Morgan fingerprint density at radius 3 is 0.913 bits per heavy atom. The van der Waals surface area contributed by atoms with Crippen LogP contribution < -0.4 is 0 Å². The Hall–Kier alpha value is 0.317. The topological polar surface area (TPSA) is 0 Å². The van der Waals surface area contributed by atoms with Gasteiger partial charge in [-0.3, -0.25) is 0 Å². The molecule has 0 amide bonds. The summed E-state index contributed by atoms with van der Waals surface area (Å²) in [7, 11) is 0. The van der Waals surface area contributed by atoms with E-state index in [4.69, 9.17) is 0 Å². The van der Waals surface area contributed by atoms with E-state index < -0.39 is 43.4 Å². The Balaban J connectivity index is 4.50. The third-order valence-corrected chi connectivity index (χ3v) is 11.9. The minimum absolute atomic E-state index is 0.0861. The van der Waals surface area contributed by atoms with Crippen LogP contribution in [0.2, 0.25) is 18.1 Å². The van der Waals surface area contributed by atoms with Crippen molar-refractivity contribution in [2.24, 2.45) is 0 Å². The lowest BCUT2D eigenvalue weighted by Crippen LogP contribution is -2.27. The predicted octanol–water partition coefficient (Wildman–Crippen LogP) is 7.39. The number of hydrogen-bond acceptors (Lipinski definition) is 0. The molecule has 0 unspecified atom stereocenters. The second-order valence-electron chi connectivity index (χ2n) is 5.56. The largest absolute Gasteiger partial charge is 0.389 e. The van der Waals surface area contributed by atoms with Crippen molar-refractivity contribution in [2.45, 2.75) is 75.2 Å². The average molecular weight is 488 g/mol. The minimum atomic E-state index is -4.36. The van der Waals surface area contributed by atoms with Gasteiger partial charge in [0, 0.05) is 19.3 Å². The maximum Gasteiger partial charge on any atom is 0.389 e. The molecule has 11 heteroatoms. The summed E-state index contributed by atoms with van der Waals surface area (Å²) < 4.78 is 109. The summed E-state index contributed by atoms with van der Waals surface area (Å²) in [6.45, 7) is 0. The highest BCUT2D eigenvalue weighted by atomic mass is 127. The summed E-state index contributed by atoms with van der Waals surface area (Å²) in [6, 6.07) is 0.258. The van der Waals surface area contributed by atoms with Gasteiger partial charge in [-0.05, 0) is 37.4 Å². The second kappa shape index (κ2) is 9.14. The third kappa shape index (κ3) is 15.6. The van der Waals surface area contributed by atoms with Crippen LogP contribution in [-0.4, -0.2) is 24.1 Å². The van der Waals surface area contributed by atoms with E-state index in [0.717, 1.165) is 0 Å². The summed E-state index contributed by atoms with van der Waals surface area (Å²) in [5.41, 5.74) is -2.58. The molecular weight excluding hydrogens is 470 g/mol. The van der Waals surface area contributed by atoms with E-state index in [2.05, 4.69) is 0 Å². The molecule has 0 aromatic carbocycles. The molecule has 0 spiro atoms. The zero-order valence-corrected chi connectivity index (χ0v) is 15.3. The molecule has 0 aromatic heterocycles. The van der Waals surface area contributed by atoms with Crippen LogP contribution in [0.1, 0.15) is 38.5 Å². The molecule has 0 radical (unpaired) electrons. The standard InChI is InChI=1S/C12H18F9ISi/c13-10(14,15)4-1-7-23(22,8-2-5-11(16,17)18)9-3-6-12(19,20)21/h1-9H2. The van der Waals surface area contributed by atoms with Gasteiger partial charge in [0.25, 0.3) is 0 Å². The highest BCUT2D eigenvalue weighted by Crippen LogP contribution is 2.38. The van der Waals surface area contributed by atoms with Gasteiger partial charge in [-0.1, -0.05) is 0 Å². The second-order valence-corrected chi connectivity index (χ2v) is 16.2. The third-order valence-electron chi connectivity index (χ3n) is 3.26. The van der Waals surface area contributed by atoms with Crippen molar-refractivity contribution < 1.29 is 39.5 Å². The van der Waals surface area contributed by atoms with Crippen molar-refractivity contribution in [3.8, 4) is 0 Å². The van der Waals surface area contributed by atoms with Gasteiger partial charge in [-0.25, -0.2) is 0 Å². The van der Waals surface area contributed by atoms with Crippen LogP contribution in [0.5, 0.6) is 0 Å². The van der Waals surface area contributed by atoms with E-state index in [1.54, 1.807) is 0 Å². The lowest BCUT2D eigenvalue weighted by atomic mass is 10.3. The number of rotatable bonds is 9. The van der Waals surface area contributed by atoms with Crippen molar-refractivity contribution in [3.05, 3.63) is 0 Å². The summed E-state index contributed by atoms with van der Waals surface area (Å²) in [5, 5.41) is 0. The molecular formula is C12H18F9ISi. The van der Waals surface area contributed by atoms with Gasteiger partial charge < -0.3 is 0 Å². The molecule has 23 heavy (non-hydrogen) atoms. The molecule has 0 saturated heterocycles. The SMILES string of the molecule is FC(F)(F)CCC[Si](I)(CCCC(F)(F)F)CCCC(F)(F)F. The normalized spacial score (nSPS) is 14.3. The van der Waals surface area contributed by atoms with Gasteiger partial charge >= 0.3 is 18.5 Å². The van der Waals surface area contributed by atoms with Crippen LogP contribution in [0, 0.1) is 0 Å². The molecule has 0 fully saturated rings. The maximum atomic E-state index is 12.2. The first-order chi connectivity index (χ1) is 10.1. The molecule has 0 nitrogen and oxygen atoms in total. The molecule has 0 rings (SSSR count). The molecule has 0 bridgehead atoms. The van der Waals surface area contributed by atoms with E-state index in [0.29, 0.717) is 0 Å². The fourth-order valence-corrected chi connectivity index (χ4v) is 8.81. The Labute approximate surface area is 142 Å². The number of hydrogen-bond donors (Lipinski definition) is 0. The van der Waals surface area contributed by atoms with Crippen molar-refractivity contribution in [1.82, 2.24) is 0 Å². The van der Waals surface area contributed by atoms with Crippen molar-refractivity contribution in [3.63, 3.8) is 0 Å². The zero-order chi connectivity index (χ0) is 18.4. The molecule has 0 aliphatic rings. The van der Waals surface area contributed by atoms with Crippen molar-refractivity contribution >= 4 is 27.4 Å². The minimum Gasteiger partial charge on any atom is -0.171 e. The lowest BCUT2D eigenvalue weighted by Gasteiger charge is -2.26. The Kier molecular flexibility index (Phi) is 9.26. The van der Waals surface area contributed by atoms with Gasteiger partial charge in [0.2, 0.25) is 0 Å². The van der Waals surface area contributed by atoms with Crippen LogP contribution >= 0.6 is 21.8 Å². The Bertz CT molecular complexity index is 285. The molecule has 0 saturated carbocycles. The van der Waals surface area contributed by atoms with Crippen LogP contribution in [-0.2, 0) is 0 Å². The summed E-state index contributed by atoms with van der Waals surface area (Å²) in [6.07, 6.45) is -16.9. The maximum absolute atomic E-state index is 12.2. The van der Waals surface area contributed by atoms with Gasteiger partial charge in [-0.15, -0.1) is 21.8 Å². The monoisotopic (exact) mass is 488 g/mol. The highest BCUT2D eigenvalue weighted by Gasteiger charge is 2.36. The van der Waals surface area contributed by atoms with Crippen molar-refractivity contribution in [2.75, 3.05) is 0 Å². The highest BCUT2D eigenvalue weighted by molar-refractivity contribution is 14.1. The molecule has 0 aliphatic heterocycles. The quantitative estimate of drug-likeness (QED) is 0.137. The van der Waals surface area contributed by atoms with E-state index in [1.165, 1.54) is 0 Å². The molecule has 0 aliphatic carbocycles. The first-order valence-corrected chi connectivity index (χ1v) is 12.7. The van der Waals surface area contributed by atoms with Crippen LogP contribution in [0.4, 0.5) is 39.5 Å². The number of alkyl halides is 9. The first kappa shape index (κ1) is 23.3. The molecule has 0 aromatic rings. The van der Waals surface area contributed by atoms with Crippen LogP contribution in [0.15, 0.2) is 0 Å². The van der Waals surface area contributed by atoms with Crippen LogP contribution in [0.3, 0.4) is 0 Å². The summed E-state index contributed by atoms with van der Waals surface area (Å²) in [4.78, 5) is 0.